The lowest BCUT2D eigenvalue weighted by atomic mass is 10.1. The Bertz CT molecular complexity index is 732. The zero-order valence-electron chi connectivity index (χ0n) is 10.1. The maximum absolute atomic E-state index is 12.2. The minimum Gasteiger partial charge on any atom is -0.398 e. The topological polar surface area (TPSA) is 83.9 Å². The molecule has 0 saturated heterocycles. The Labute approximate surface area is 112 Å². The largest absolute Gasteiger partial charge is 0.398 e. The van der Waals surface area contributed by atoms with Gasteiger partial charge in [0, 0.05) is 5.69 Å². The van der Waals surface area contributed by atoms with Crippen LogP contribution < -0.4 is 5.73 Å². The summed E-state index contributed by atoms with van der Waals surface area (Å²) in [5, 5.41) is 9.04. The Morgan fingerprint density at radius 1 is 1.05 bits per heavy atom. The minimum absolute atomic E-state index is 0.224. The second-order valence-electron chi connectivity index (χ2n) is 4.07. The average Bonchev–Trinajstić information content (AvgIpc) is 2.40. The molecular weight excluding hydrogens is 260 g/mol. The first kappa shape index (κ1) is 13.1. The first-order valence-electron chi connectivity index (χ1n) is 5.60. The van der Waals surface area contributed by atoms with Gasteiger partial charge in [0.25, 0.3) is 0 Å². The van der Waals surface area contributed by atoms with E-state index in [-0.39, 0.29) is 16.2 Å². The fourth-order valence-corrected chi connectivity index (χ4v) is 3.18. The molecule has 0 aliphatic rings. The number of hydrogen-bond donors (Lipinski definition) is 1. The van der Waals surface area contributed by atoms with Gasteiger partial charge < -0.3 is 5.73 Å². The third kappa shape index (κ3) is 2.75. The highest BCUT2D eigenvalue weighted by Gasteiger charge is 2.17. The van der Waals surface area contributed by atoms with Gasteiger partial charge in [-0.1, -0.05) is 30.3 Å². The highest BCUT2D eigenvalue weighted by Crippen LogP contribution is 2.21. The van der Waals surface area contributed by atoms with Crippen molar-refractivity contribution in [1.82, 2.24) is 0 Å². The zero-order chi connectivity index (χ0) is 13.9. The maximum atomic E-state index is 12.2. The molecule has 0 aliphatic carbocycles. The van der Waals surface area contributed by atoms with Crippen molar-refractivity contribution in [2.75, 3.05) is 5.73 Å². The fourth-order valence-electron chi connectivity index (χ4n) is 1.79. The van der Waals surface area contributed by atoms with Gasteiger partial charge in [-0.3, -0.25) is 0 Å². The van der Waals surface area contributed by atoms with Crippen molar-refractivity contribution in [3.8, 4) is 6.07 Å². The van der Waals surface area contributed by atoms with Crippen LogP contribution in [-0.4, -0.2) is 8.42 Å². The van der Waals surface area contributed by atoms with E-state index in [0.717, 1.165) is 0 Å². The lowest BCUT2D eigenvalue weighted by molar-refractivity contribution is 0.595. The SMILES string of the molecule is N#Cc1c(N)cccc1CS(=O)(=O)c1ccccc1. The third-order valence-electron chi connectivity index (χ3n) is 2.74. The number of hydrogen-bond acceptors (Lipinski definition) is 4. The zero-order valence-corrected chi connectivity index (χ0v) is 10.9. The highest BCUT2D eigenvalue weighted by molar-refractivity contribution is 7.90. The maximum Gasteiger partial charge on any atom is 0.182 e. The summed E-state index contributed by atoms with van der Waals surface area (Å²) in [5.74, 6) is -0.231. The Hall–Kier alpha value is -2.32. The van der Waals surface area contributed by atoms with Gasteiger partial charge in [0.1, 0.15) is 6.07 Å². The summed E-state index contributed by atoms with van der Waals surface area (Å²) in [7, 11) is -3.47. The molecule has 4 nitrogen and oxygen atoms in total. The summed E-state index contributed by atoms with van der Waals surface area (Å²) in [4.78, 5) is 0.237. The minimum atomic E-state index is -3.47. The number of sulfone groups is 1. The predicted molar refractivity (Wildman–Crippen MR) is 72.9 cm³/mol. The Morgan fingerprint density at radius 3 is 2.37 bits per heavy atom. The predicted octanol–water partition coefficient (Wildman–Crippen LogP) is 2.11. The molecule has 0 spiro atoms. The van der Waals surface area contributed by atoms with E-state index < -0.39 is 9.84 Å². The van der Waals surface area contributed by atoms with Gasteiger partial charge in [-0.2, -0.15) is 5.26 Å². The number of anilines is 1. The Morgan fingerprint density at radius 2 is 1.74 bits per heavy atom. The van der Waals surface area contributed by atoms with Gasteiger partial charge in [-0.05, 0) is 23.8 Å². The number of nitriles is 1. The number of nitrogen functional groups attached to an aromatic ring is 1. The van der Waals surface area contributed by atoms with Gasteiger partial charge in [-0.25, -0.2) is 8.42 Å². The summed E-state index contributed by atoms with van der Waals surface area (Å²) in [5.41, 5.74) is 6.61. The number of benzene rings is 2. The van der Waals surface area contributed by atoms with E-state index in [1.54, 1.807) is 36.4 Å². The molecule has 0 fully saturated rings. The molecule has 0 amide bonds. The molecule has 96 valence electrons. The van der Waals surface area contributed by atoms with Crippen molar-refractivity contribution in [2.24, 2.45) is 0 Å². The molecule has 0 aromatic heterocycles. The highest BCUT2D eigenvalue weighted by atomic mass is 32.2. The average molecular weight is 272 g/mol. The van der Waals surface area contributed by atoms with Crippen LogP contribution in [0.15, 0.2) is 53.4 Å². The van der Waals surface area contributed by atoms with Crippen molar-refractivity contribution in [3.63, 3.8) is 0 Å². The van der Waals surface area contributed by atoms with Crippen LogP contribution in [0.3, 0.4) is 0 Å². The monoisotopic (exact) mass is 272 g/mol. The van der Waals surface area contributed by atoms with Crippen LogP contribution >= 0.6 is 0 Å². The molecule has 0 heterocycles. The molecule has 0 aliphatic heterocycles. The summed E-state index contributed by atoms with van der Waals surface area (Å²) in [6.45, 7) is 0. The van der Waals surface area contributed by atoms with Crippen LogP contribution in [0, 0.1) is 11.3 Å². The molecule has 2 N–H and O–H groups in total. The smallest absolute Gasteiger partial charge is 0.182 e. The second-order valence-corrected chi connectivity index (χ2v) is 6.05. The van der Waals surface area contributed by atoms with Crippen molar-refractivity contribution in [1.29, 1.82) is 5.26 Å². The van der Waals surface area contributed by atoms with Crippen molar-refractivity contribution < 1.29 is 8.42 Å². The van der Waals surface area contributed by atoms with Crippen molar-refractivity contribution in [2.45, 2.75) is 10.6 Å². The van der Waals surface area contributed by atoms with E-state index in [4.69, 9.17) is 11.0 Å². The lowest BCUT2D eigenvalue weighted by Gasteiger charge is -2.07. The standard InChI is InChI=1S/C14H12N2O2S/c15-9-13-11(5-4-8-14(13)16)10-19(17,18)12-6-2-1-3-7-12/h1-8H,10,16H2. The number of rotatable bonds is 3. The van der Waals surface area contributed by atoms with Crippen LogP contribution in [0.5, 0.6) is 0 Å². The molecule has 2 aromatic rings. The molecule has 5 heteroatoms. The van der Waals surface area contributed by atoms with E-state index in [1.165, 1.54) is 12.1 Å². The molecule has 19 heavy (non-hydrogen) atoms. The van der Waals surface area contributed by atoms with Crippen LogP contribution in [0.1, 0.15) is 11.1 Å². The van der Waals surface area contributed by atoms with E-state index >= 15 is 0 Å². The van der Waals surface area contributed by atoms with E-state index in [0.29, 0.717) is 11.3 Å². The first-order valence-corrected chi connectivity index (χ1v) is 7.25. The first-order chi connectivity index (χ1) is 9.04. The van der Waals surface area contributed by atoms with E-state index in [9.17, 15) is 8.42 Å². The lowest BCUT2D eigenvalue weighted by Crippen LogP contribution is -2.07. The van der Waals surface area contributed by atoms with Crippen LogP contribution in [0.25, 0.3) is 0 Å². The normalized spacial score (nSPS) is 10.9. The van der Waals surface area contributed by atoms with E-state index in [2.05, 4.69) is 0 Å². The number of nitrogens with zero attached hydrogens (tertiary/aromatic N) is 1. The third-order valence-corrected chi connectivity index (χ3v) is 4.42. The van der Waals surface area contributed by atoms with Gasteiger partial charge in [0.2, 0.25) is 0 Å². The molecule has 0 radical (unpaired) electrons. The summed E-state index contributed by atoms with van der Waals surface area (Å²) in [6, 6.07) is 14.9. The van der Waals surface area contributed by atoms with E-state index in [1.807, 2.05) is 6.07 Å². The summed E-state index contributed by atoms with van der Waals surface area (Å²) < 4.78 is 24.5. The molecule has 0 unspecified atom stereocenters. The molecular formula is C14H12N2O2S. The molecule has 2 aromatic carbocycles. The molecule has 0 saturated carbocycles. The van der Waals surface area contributed by atoms with Crippen LogP contribution in [0.4, 0.5) is 5.69 Å². The number of nitrogens with two attached hydrogens (primary N) is 1. The Balaban J connectivity index is 2.43. The molecule has 0 bridgehead atoms. The van der Waals surface area contributed by atoms with Crippen LogP contribution in [0.2, 0.25) is 0 Å². The molecule has 0 atom stereocenters. The van der Waals surface area contributed by atoms with Gasteiger partial charge in [0.05, 0.1) is 16.2 Å². The van der Waals surface area contributed by atoms with Gasteiger partial charge >= 0.3 is 0 Å². The van der Waals surface area contributed by atoms with Crippen molar-refractivity contribution in [3.05, 3.63) is 59.7 Å². The van der Waals surface area contributed by atoms with Gasteiger partial charge in [-0.15, -0.1) is 0 Å². The second kappa shape index (κ2) is 5.12. The van der Waals surface area contributed by atoms with Gasteiger partial charge in [0.15, 0.2) is 9.84 Å². The van der Waals surface area contributed by atoms with Crippen molar-refractivity contribution >= 4 is 15.5 Å². The molecule has 2 rings (SSSR count). The summed E-state index contributed by atoms with van der Waals surface area (Å²) >= 11 is 0. The quantitative estimate of drug-likeness (QED) is 0.867. The summed E-state index contributed by atoms with van der Waals surface area (Å²) in [6.07, 6.45) is 0. The van der Waals surface area contributed by atoms with Crippen LogP contribution in [-0.2, 0) is 15.6 Å². The Kier molecular flexibility index (Phi) is 3.54. The fraction of sp³-hybridized carbons (Fsp3) is 0.0714.